The van der Waals surface area contributed by atoms with E-state index in [2.05, 4.69) is 20.8 Å². The van der Waals surface area contributed by atoms with E-state index >= 15 is 0 Å². The largest absolute Gasteiger partial charge is 0.481 e. The summed E-state index contributed by atoms with van der Waals surface area (Å²) in [4.78, 5) is 23.6. The van der Waals surface area contributed by atoms with Gasteiger partial charge in [0, 0.05) is 0 Å². The summed E-state index contributed by atoms with van der Waals surface area (Å²) in [6.45, 7) is 6.61. The molecular formula is C20H36O4. The van der Waals surface area contributed by atoms with Crippen LogP contribution in [0.2, 0.25) is 0 Å². The van der Waals surface area contributed by atoms with E-state index in [0.717, 1.165) is 50.9 Å². The van der Waals surface area contributed by atoms with Crippen molar-refractivity contribution in [1.29, 1.82) is 0 Å². The van der Waals surface area contributed by atoms with E-state index in [4.69, 9.17) is 4.74 Å². The van der Waals surface area contributed by atoms with Crippen LogP contribution < -0.4 is 0 Å². The van der Waals surface area contributed by atoms with Gasteiger partial charge in [-0.25, -0.2) is 0 Å². The lowest BCUT2D eigenvalue weighted by molar-refractivity contribution is -0.158. The van der Waals surface area contributed by atoms with E-state index in [0.29, 0.717) is 12.8 Å². The van der Waals surface area contributed by atoms with Gasteiger partial charge in [-0.1, -0.05) is 52.9 Å². The molecule has 1 N–H and O–H groups in total. The third kappa shape index (κ3) is 8.16. The van der Waals surface area contributed by atoms with Crippen molar-refractivity contribution in [2.24, 2.45) is 17.8 Å². The van der Waals surface area contributed by atoms with E-state index < -0.39 is 5.97 Å². The molecule has 3 atom stereocenters. The number of carboxylic acid groups (broad SMARTS) is 1. The summed E-state index contributed by atoms with van der Waals surface area (Å²) in [6.07, 6.45) is 10.3. The van der Waals surface area contributed by atoms with Gasteiger partial charge >= 0.3 is 11.9 Å². The second-order valence-corrected chi connectivity index (χ2v) is 7.78. The minimum atomic E-state index is -0.774. The summed E-state index contributed by atoms with van der Waals surface area (Å²) >= 11 is 0. The number of carbonyl (C=O) groups is 2. The van der Waals surface area contributed by atoms with E-state index in [1.807, 2.05) is 0 Å². The number of carboxylic acids is 1. The molecule has 0 bridgehead atoms. The third-order valence-electron chi connectivity index (χ3n) is 5.08. The Labute approximate surface area is 147 Å². The topological polar surface area (TPSA) is 63.6 Å². The lowest BCUT2D eigenvalue weighted by Crippen LogP contribution is -2.31. The highest BCUT2D eigenvalue weighted by molar-refractivity contribution is 5.75. The fourth-order valence-electron chi connectivity index (χ4n) is 3.51. The van der Waals surface area contributed by atoms with Crippen molar-refractivity contribution in [2.75, 3.05) is 0 Å². The molecule has 4 heteroatoms. The quantitative estimate of drug-likeness (QED) is 0.415. The number of aliphatic carboxylic acids is 1. The van der Waals surface area contributed by atoms with E-state index in [9.17, 15) is 14.7 Å². The molecule has 3 unspecified atom stereocenters. The van der Waals surface area contributed by atoms with Gasteiger partial charge in [0.15, 0.2) is 0 Å². The first-order chi connectivity index (χ1) is 11.4. The minimum Gasteiger partial charge on any atom is -0.481 e. The average Bonchev–Trinajstić information content (AvgIpc) is 2.56. The second-order valence-electron chi connectivity index (χ2n) is 7.78. The van der Waals surface area contributed by atoms with Crippen LogP contribution in [0, 0.1) is 17.8 Å². The zero-order chi connectivity index (χ0) is 17.9. The van der Waals surface area contributed by atoms with Crippen LogP contribution in [0.3, 0.4) is 0 Å². The van der Waals surface area contributed by atoms with Crippen molar-refractivity contribution in [1.82, 2.24) is 0 Å². The fraction of sp³-hybridized carbons (Fsp3) is 0.900. The van der Waals surface area contributed by atoms with Crippen molar-refractivity contribution >= 4 is 11.9 Å². The summed E-state index contributed by atoms with van der Waals surface area (Å²) in [6, 6.07) is 0. The molecule has 0 saturated heterocycles. The Bertz CT molecular complexity index is 378. The smallest absolute Gasteiger partial charge is 0.309 e. The first-order valence-corrected chi connectivity index (χ1v) is 9.87. The van der Waals surface area contributed by atoms with Crippen LogP contribution in [-0.4, -0.2) is 23.1 Å². The fourth-order valence-corrected chi connectivity index (χ4v) is 3.51. The molecule has 0 aromatic carbocycles. The number of unbranched alkanes of at least 4 members (excludes halogenated alkanes) is 2. The first-order valence-electron chi connectivity index (χ1n) is 9.87. The predicted molar refractivity (Wildman–Crippen MR) is 95.8 cm³/mol. The molecule has 1 aliphatic carbocycles. The molecule has 1 fully saturated rings. The highest BCUT2D eigenvalue weighted by atomic mass is 16.5. The number of hydrogen-bond donors (Lipinski definition) is 1. The Morgan fingerprint density at radius 2 is 1.67 bits per heavy atom. The van der Waals surface area contributed by atoms with Crippen LogP contribution in [0.15, 0.2) is 0 Å². The van der Waals surface area contributed by atoms with Gasteiger partial charge in [-0.3, -0.25) is 9.59 Å². The monoisotopic (exact) mass is 340 g/mol. The van der Waals surface area contributed by atoms with Crippen molar-refractivity contribution in [3.8, 4) is 0 Å². The molecule has 4 nitrogen and oxygen atoms in total. The normalized spacial score (nSPS) is 22.3. The summed E-state index contributed by atoms with van der Waals surface area (Å²) in [5.41, 5.74) is 0. The van der Waals surface area contributed by atoms with Gasteiger partial charge in [-0.15, -0.1) is 0 Å². The maximum atomic E-state index is 12.5. The van der Waals surface area contributed by atoms with Gasteiger partial charge < -0.3 is 9.84 Å². The van der Waals surface area contributed by atoms with E-state index in [-0.39, 0.29) is 23.9 Å². The van der Waals surface area contributed by atoms with Crippen molar-refractivity contribution in [2.45, 2.75) is 97.5 Å². The maximum absolute atomic E-state index is 12.5. The Kier molecular flexibility index (Phi) is 10.0. The molecule has 0 aliphatic heterocycles. The molecule has 0 amide bonds. The Morgan fingerprint density at radius 3 is 2.29 bits per heavy atom. The highest BCUT2D eigenvalue weighted by Gasteiger charge is 2.32. The number of hydrogen-bond acceptors (Lipinski definition) is 3. The first kappa shape index (κ1) is 21.0. The lowest BCUT2D eigenvalue weighted by Gasteiger charge is -2.27. The molecule has 0 heterocycles. The number of carbonyl (C=O) groups excluding carboxylic acids is 1. The standard InChI is InChI=1S/C20H36O4/c1-4-5-12-18(13-7-6-9-15(2)3)24-20(23)17-11-8-10-16(14-17)19(21)22/h15-18H,4-14H2,1-3H3,(H,21,22). The molecule has 0 spiro atoms. The van der Waals surface area contributed by atoms with Crippen LogP contribution in [0.1, 0.15) is 91.4 Å². The van der Waals surface area contributed by atoms with Crippen LogP contribution >= 0.6 is 0 Å². The minimum absolute atomic E-state index is 0.00909. The summed E-state index contributed by atoms with van der Waals surface area (Å²) in [7, 11) is 0. The van der Waals surface area contributed by atoms with Crippen LogP contribution in [0.4, 0.5) is 0 Å². The van der Waals surface area contributed by atoms with E-state index in [1.54, 1.807) is 0 Å². The van der Waals surface area contributed by atoms with Gasteiger partial charge in [-0.05, 0) is 44.4 Å². The summed E-state index contributed by atoms with van der Waals surface area (Å²) < 4.78 is 5.80. The van der Waals surface area contributed by atoms with Gasteiger partial charge in [-0.2, -0.15) is 0 Å². The predicted octanol–water partition coefficient (Wildman–Crippen LogP) is 5.20. The number of ether oxygens (including phenoxy) is 1. The Hall–Kier alpha value is -1.06. The lowest BCUT2D eigenvalue weighted by atomic mass is 9.81. The van der Waals surface area contributed by atoms with Crippen molar-refractivity contribution in [3.63, 3.8) is 0 Å². The SMILES string of the molecule is CCCCC(CCCCC(C)C)OC(=O)C1CCCC(C(=O)O)C1. The van der Waals surface area contributed by atoms with E-state index in [1.165, 1.54) is 12.8 Å². The third-order valence-corrected chi connectivity index (χ3v) is 5.08. The second kappa shape index (κ2) is 11.5. The Balaban J connectivity index is 2.45. The van der Waals surface area contributed by atoms with Gasteiger partial charge in [0.2, 0.25) is 0 Å². The van der Waals surface area contributed by atoms with Gasteiger partial charge in [0.05, 0.1) is 11.8 Å². The molecule has 0 radical (unpaired) electrons. The molecule has 1 aliphatic rings. The molecule has 0 aromatic heterocycles. The number of esters is 1. The van der Waals surface area contributed by atoms with Gasteiger partial charge in [0.25, 0.3) is 0 Å². The molecule has 140 valence electrons. The van der Waals surface area contributed by atoms with Gasteiger partial charge in [0.1, 0.15) is 6.10 Å². The average molecular weight is 341 g/mol. The van der Waals surface area contributed by atoms with Crippen LogP contribution in [-0.2, 0) is 14.3 Å². The van der Waals surface area contributed by atoms with Crippen molar-refractivity contribution < 1.29 is 19.4 Å². The van der Waals surface area contributed by atoms with Crippen LogP contribution in [0.25, 0.3) is 0 Å². The molecule has 24 heavy (non-hydrogen) atoms. The number of rotatable bonds is 11. The zero-order valence-corrected chi connectivity index (χ0v) is 15.8. The molecular weight excluding hydrogens is 304 g/mol. The molecule has 1 rings (SSSR count). The summed E-state index contributed by atoms with van der Waals surface area (Å²) in [5, 5.41) is 9.17. The molecule has 0 aromatic rings. The molecule has 1 saturated carbocycles. The zero-order valence-electron chi connectivity index (χ0n) is 15.8. The Morgan fingerprint density at radius 1 is 1.04 bits per heavy atom. The summed E-state index contributed by atoms with van der Waals surface area (Å²) in [5.74, 6) is -0.817. The van der Waals surface area contributed by atoms with Crippen LogP contribution in [0.5, 0.6) is 0 Å². The van der Waals surface area contributed by atoms with Crippen molar-refractivity contribution in [3.05, 3.63) is 0 Å². The maximum Gasteiger partial charge on any atom is 0.309 e. The highest BCUT2D eigenvalue weighted by Crippen LogP contribution is 2.31.